The average molecular weight is 266 g/mol. The fraction of sp³-hybridized carbons (Fsp3) is 1.00. The van der Waals surface area contributed by atoms with E-state index in [4.69, 9.17) is 0 Å². The Morgan fingerprint density at radius 1 is 1.05 bits per heavy atom. The fourth-order valence-electron chi connectivity index (χ4n) is 3.81. The minimum atomic E-state index is 0.740. The summed E-state index contributed by atoms with van der Waals surface area (Å²) < 4.78 is 0. The van der Waals surface area contributed by atoms with Crippen LogP contribution in [-0.4, -0.2) is 25.2 Å². The van der Waals surface area contributed by atoms with Gasteiger partial charge in [0.25, 0.3) is 0 Å². The Kier molecular flexibility index (Phi) is 6.66. The van der Waals surface area contributed by atoms with Gasteiger partial charge in [-0.25, -0.2) is 0 Å². The summed E-state index contributed by atoms with van der Waals surface area (Å²) in [5.41, 5.74) is 0. The highest BCUT2D eigenvalue weighted by Gasteiger charge is 2.31. The van der Waals surface area contributed by atoms with Gasteiger partial charge in [0.05, 0.1) is 0 Å². The molecule has 2 nitrogen and oxygen atoms in total. The molecule has 19 heavy (non-hydrogen) atoms. The molecule has 2 fully saturated rings. The van der Waals surface area contributed by atoms with Gasteiger partial charge in [-0.1, -0.05) is 39.5 Å². The first-order valence-corrected chi connectivity index (χ1v) is 8.72. The lowest BCUT2D eigenvalue weighted by atomic mass is 9.78. The van der Waals surface area contributed by atoms with Crippen molar-refractivity contribution >= 4 is 0 Å². The first-order chi connectivity index (χ1) is 9.25. The highest BCUT2D eigenvalue weighted by molar-refractivity contribution is 4.89. The van der Waals surface area contributed by atoms with Crippen molar-refractivity contribution in [1.82, 2.24) is 10.6 Å². The molecular formula is C17H34N2. The Morgan fingerprint density at radius 2 is 1.89 bits per heavy atom. The second kappa shape index (κ2) is 8.26. The number of nitrogens with one attached hydrogen (secondary N) is 2. The van der Waals surface area contributed by atoms with Gasteiger partial charge in [-0.2, -0.15) is 0 Å². The molecule has 0 aromatic heterocycles. The van der Waals surface area contributed by atoms with Crippen molar-refractivity contribution in [2.45, 2.75) is 83.7 Å². The second-order valence-electron chi connectivity index (χ2n) is 7.19. The molecule has 112 valence electrons. The molecule has 2 rings (SSSR count). The normalized spacial score (nSPS) is 31.4. The van der Waals surface area contributed by atoms with Gasteiger partial charge in [0, 0.05) is 18.6 Å². The van der Waals surface area contributed by atoms with Gasteiger partial charge in [-0.3, -0.25) is 0 Å². The Bertz CT molecular complexity index is 239. The van der Waals surface area contributed by atoms with Crippen LogP contribution in [0, 0.1) is 11.8 Å². The van der Waals surface area contributed by atoms with Gasteiger partial charge in [-0.15, -0.1) is 0 Å². The smallest absolute Gasteiger partial charge is 0.0195 e. The largest absolute Gasteiger partial charge is 0.315 e. The fourth-order valence-corrected chi connectivity index (χ4v) is 3.81. The standard InChI is InChI=1S/C17H34N2/c1-14(2)7-5-6-12-18-13-16-11-10-15-8-3-4-9-17(15)19-16/h14-19H,3-13H2,1-2H3. The molecule has 2 heteroatoms. The van der Waals surface area contributed by atoms with Crippen molar-refractivity contribution in [3.05, 3.63) is 0 Å². The predicted octanol–water partition coefficient (Wildman–Crippen LogP) is 3.71. The van der Waals surface area contributed by atoms with Crippen LogP contribution < -0.4 is 10.6 Å². The molecule has 2 aliphatic rings. The van der Waals surface area contributed by atoms with Crippen LogP contribution in [0.25, 0.3) is 0 Å². The highest BCUT2D eigenvalue weighted by Crippen LogP contribution is 2.31. The molecule has 3 atom stereocenters. The summed E-state index contributed by atoms with van der Waals surface area (Å²) >= 11 is 0. The molecule has 0 spiro atoms. The van der Waals surface area contributed by atoms with Crippen molar-refractivity contribution in [1.29, 1.82) is 0 Å². The zero-order valence-electron chi connectivity index (χ0n) is 13.1. The SMILES string of the molecule is CC(C)CCCCNCC1CCC2CCCCC2N1. The Morgan fingerprint density at radius 3 is 2.74 bits per heavy atom. The van der Waals surface area contributed by atoms with Crippen LogP contribution in [0.3, 0.4) is 0 Å². The summed E-state index contributed by atoms with van der Waals surface area (Å²) in [4.78, 5) is 0. The quantitative estimate of drug-likeness (QED) is 0.686. The lowest BCUT2D eigenvalue weighted by Gasteiger charge is -2.40. The van der Waals surface area contributed by atoms with Crippen LogP contribution in [0.15, 0.2) is 0 Å². The molecule has 0 aromatic rings. The van der Waals surface area contributed by atoms with Crippen LogP contribution in [0.4, 0.5) is 0 Å². The van der Waals surface area contributed by atoms with E-state index >= 15 is 0 Å². The number of piperidine rings is 1. The van der Waals surface area contributed by atoms with Gasteiger partial charge in [-0.05, 0) is 50.5 Å². The lowest BCUT2D eigenvalue weighted by molar-refractivity contribution is 0.174. The maximum atomic E-state index is 3.90. The minimum Gasteiger partial charge on any atom is -0.315 e. The van der Waals surface area contributed by atoms with Crippen molar-refractivity contribution in [3.63, 3.8) is 0 Å². The number of fused-ring (bicyclic) bond motifs is 1. The Labute approximate surface area is 120 Å². The van der Waals surface area contributed by atoms with Gasteiger partial charge in [0.15, 0.2) is 0 Å². The molecule has 1 heterocycles. The lowest BCUT2D eigenvalue weighted by Crippen LogP contribution is -2.52. The Balaban J connectivity index is 1.52. The molecule has 1 aliphatic heterocycles. The monoisotopic (exact) mass is 266 g/mol. The third-order valence-electron chi connectivity index (χ3n) is 5.02. The minimum absolute atomic E-state index is 0.740. The van der Waals surface area contributed by atoms with Crippen molar-refractivity contribution in [3.8, 4) is 0 Å². The summed E-state index contributed by atoms with van der Waals surface area (Å²) in [6.45, 7) is 7.03. The number of hydrogen-bond acceptors (Lipinski definition) is 2. The molecule has 1 saturated heterocycles. The van der Waals surface area contributed by atoms with E-state index in [1.807, 2.05) is 0 Å². The highest BCUT2D eigenvalue weighted by atomic mass is 15.0. The van der Waals surface area contributed by atoms with E-state index in [-0.39, 0.29) is 0 Å². The first kappa shape index (κ1) is 15.3. The zero-order chi connectivity index (χ0) is 13.5. The summed E-state index contributed by atoms with van der Waals surface area (Å²) in [5, 5.41) is 7.56. The zero-order valence-corrected chi connectivity index (χ0v) is 13.1. The maximum Gasteiger partial charge on any atom is 0.0195 e. The van der Waals surface area contributed by atoms with E-state index < -0.39 is 0 Å². The van der Waals surface area contributed by atoms with Gasteiger partial charge in [0.1, 0.15) is 0 Å². The van der Waals surface area contributed by atoms with Crippen LogP contribution in [0.5, 0.6) is 0 Å². The predicted molar refractivity (Wildman–Crippen MR) is 83.5 cm³/mol. The molecular weight excluding hydrogens is 232 g/mol. The summed E-state index contributed by atoms with van der Waals surface area (Å²) in [7, 11) is 0. The number of rotatable bonds is 7. The van der Waals surface area contributed by atoms with E-state index in [2.05, 4.69) is 24.5 Å². The van der Waals surface area contributed by atoms with E-state index in [1.54, 1.807) is 0 Å². The second-order valence-corrected chi connectivity index (χ2v) is 7.19. The molecule has 0 bridgehead atoms. The molecule has 3 unspecified atom stereocenters. The van der Waals surface area contributed by atoms with E-state index in [1.165, 1.54) is 70.9 Å². The molecule has 0 aromatic carbocycles. The Hall–Kier alpha value is -0.0800. The molecule has 0 radical (unpaired) electrons. The third-order valence-corrected chi connectivity index (χ3v) is 5.02. The van der Waals surface area contributed by atoms with Crippen molar-refractivity contribution in [2.75, 3.05) is 13.1 Å². The van der Waals surface area contributed by atoms with Crippen molar-refractivity contribution in [2.24, 2.45) is 11.8 Å². The van der Waals surface area contributed by atoms with E-state index in [9.17, 15) is 0 Å². The average Bonchev–Trinajstić information content (AvgIpc) is 2.42. The molecule has 2 N–H and O–H groups in total. The van der Waals surface area contributed by atoms with Gasteiger partial charge in [0.2, 0.25) is 0 Å². The van der Waals surface area contributed by atoms with Crippen LogP contribution >= 0.6 is 0 Å². The first-order valence-electron chi connectivity index (χ1n) is 8.72. The van der Waals surface area contributed by atoms with Crippen LogP contribution in [0.2, 0.25) is 0 Å². The van der Waals surface area contributed by atoms with E-state index in [0.29, 0.717) is 0 Å². The molecule has 0 amide bonds. The number of unbranched alkanes of at least 4 members (excludes halogenated alkanes) is 1. The summed E-state index contributed by atoms with van der Waals surface area (Å²) in [6, 6.07) is 1.58. The summed E-state index contributed by atoms with van der Waals surface area (Å²) in [6.07, 6.45) is 12.8. The van der Waals surface area contributed by atoms with Gasteiger partial charge < -0.3 is 10.6 Å². The van der Waals surface area contributed by atoms with Crippen LogP contribution in [-0.2, 0) is 0 Å². The van der Waals surface area contributed by atoms with Crippen molar-refractivity contribution < 1.29 is 0 Å². The topological polar surface area (TPSA) is 24.1 Å². The maximum absolute atomic E-state index is 3.90. The number of hydrogen-bond donors (Lipinski definition) is 2. The third kappa shape index (κ3) is 5.43. The van der Waals surface area contributed by atoms with Gasteiger partial charge >= 0.3 is 0 Å². The molecule has 1 saturated carbocycles. The molecule has 1 aliphatic carbocycles. The van der Waals surface area contributed by atoms with E-state index in [0.717, 1.165) is 23.9 Å². The summed E-state index contributed by atoms with van der Waals surface area (Å²) in [5.74, 6) is 1.86. The van der Waals surface area contributed by atoms with Crippen LogP contribution in [0.1, 0.15) is 71.6 Å².